The maximum Gasteiger partial charge on any atom is 0.237 e. The predicted octanol–water partition coefficient (Wildman–Crippen LogP) is 5.55. The minimum atomic E-state index is -0.0782. The average Bonchev–Trinajstić information content (AvgIpc) is 3.43. The molecule has 1 amide bonds. The molecule has 7 nitrogen and oxygen atoms in total. The zero-order valence-corrected chi connectivity index (χ0v) is 20.9. The molecular formula is C27H27N5O2S. The standard InChI is InChI=1S/C27H27N5O2S/c1-19-14-20(2)16-23(15-19)31(12-7-11-28)25(33)18-35-27-30-29-26(24-10-13-34-21(24)3)32(27)17-22-8-5-4-6-9-22/h4-6,8-10,13-16H,7,12,17-18H2,1-3H3. The Morgan fingerprint density at radius 2 is 1.83 bits per heavy atom. The SMILES string of the molecule is Cc1cc(C)cc(N(CCC#N)C(=O)CSc2nnc(-c3ccoc3C)n2Cc2ccccc2)c1. The summed E-state index contributed by atoms with van der Waals surface area (Å²) in [6.07, 6.45) is 1.90. The lowest BCUT2D eigenvalue weighted by molar-refractivity contribution is -0.116. The molecule has 0 aliphatic rings. The Kier molecular flexibility index (Phi) is 7.68. The van der Waals surface area contributed by atoms with Gasteiger partial charge >= 0.3 is 0 Å². The third kappa shape index (κ3) is 5.81. The van der Waals surface area contributed by atoms with Crippen LogP contribution in [0.15, 0.2) is 70.4 Å². The summed E-state index contributed by atoms with van der Waals surface area (Å²) in [6.45, 7) is 6.81. The van der Waals surface area contributed by atoms with Crippen LogP contribution in [0.5, 0.6) is 0 Å². The smallest absolute Gasteiger partial charge is 0.237 e. The van der Waals surface area contributed by atoms with E-state index in [0.29, 0.717) is 24.1 Å². The van der Waals surface area contributed by atoms with Crippen LogP contribution in [0, 0.1) is 32.1 Å². The van der Waals surface area contributed by atoms with Crippen molar-refractivity contribution in [2.75, 3.05) is 17.2 Å². The van der Waals surface area contributed by atoms with Crippen molar-refractivity contribution in [1.29, 1.82) is 5.26 Å². The molecule has 2 heterocycles. The number of anilines is 1. The van der Waals surface area contributed by atoms with Gasteiger partial charge in [0.1, 0.15) is 5.76 Å². The summed E-state index contributed by atoms with van der Waals surface area (Å²) in [6, 6.07) is 20.1. The highest BCUT2D eigenvalue weighted by Crippen LogP contribution is 2.29. The second kappa shape index (κ2) is 11.1. The van der Waals surface area contributed by atoms with E-state index in [1.807, 2.05) is 61.7 Å². The number of hydrogen-bond donors (Lipinski definition) is 0. The van der Waals surface area contributed by atoms with E-state index >= 15 is 0 Å². The molecule has 0 spiro atoms. The Hall–Kier alpha value is -3.83. The molecule has 2 aromatic carbocycles. The Morgan fingerprint density at radius 1 is 1.09 bits per heavy atom. The van der Waals surface area contributed by atoms with Crippen molar-refractivity contribution in [2.45, 2.75) is 38.9 Å². The molecule has 0 saturated heterocycles. The molecule has 0 bridgehead atoms. The largest absolute Gasteiger partial charge is 0.469 e. The first-order valence-corrected chi connectivity index (χ1v) is 12.3. The van der Waals surface area contributed by atoms with Crippen LogP contribution in [0.2, 0.25) is 0 Å². The second-order valence-corrected chi connectivity index (χ2v) is 9.30. The van der Waals surface area contributed by atoms with E-state index < -0.39 is 0 Å². The van der Waals surface area contributed by atoms with Gasteiger partial charge in [0.2, 0.25) is 5.91 Å². The number of nitrogens with zero attached hydrogens (tertiary/aromatic N) is 5. The maximum absolute atomic E-state index is 13.3. The number of aromatic nitrogens is 3. The normalized spacial score (nSPS) is 10.8. The number of rotatable bonds is 9. The number of carbonyl (C=O) groups is 1. The molecule has 0 radical (unpaired) electrons. The molecule has 8 heteroatoms. The van der Waals surface area contributed by atoms with E-state index in [2.05, 4.69) is 34.5 Å². The van der Waals surface area contributed by atoms with Gasteiger partial charge in [-0.2, -0.15) is 5.26 Å². The van der Waals surface area contributed by atoms with Crippen LogP contribution >= 0.6 is 11.8 Å². The van der Waals surface area contributed by atoms with Crippen molar-refractivity contribution in [3.8, 4) is 17.5 Å². The fourth-order valence-electron chi connectivity index (χ4n) is 3.99. The minimum absolute atomic E-state index is 0.0782. The number of furan rings is 1. The number of hydrogen-bond acceptors (Lipinski definition) is 6. The van der Waals surface area contributed by atoms with Crippen molar-refractivity contribution in [3.05, 3.63) is 83.3 Å². The molecule has 0 aliphatic carbocycles. The first-order valence-electron chi connectivity index (χ1n) is 11.4. The highest BCUT2D eigenvalue weighted by molar-refractivity contribution is 7.99. The molecule has 0 fully saturated rings. The summed E-state index contributed by atoms with van der Waals surface area (Å²) in [4.78, 5) is 15.0. The maximum atomic E-state index is 13.3. The zero-order chi connectivity index (χ0) is 24.8. The van der Waals surface area contributed by atoms with E-state index in [9.17, 15) is 4.79 Å². The van der Waals surface area contributed by atoms with Crippen molar-refractivity contribution >= 4 is 23.4 Å². The average molecular weight is 486 g/mol. The van der Waals surface area contributed by atoms with Crippen LogP contribution in [0.4, 0.5) is 5.69 Å². The number of aryl methyl sites for hydroxylation is 3. The van der Waals surface area contributed by atoms with Gasteiger partial charge in [0, 0.05) is 12.2 Å². The highest BCUT2D eigenvalue weighted by Gasteiger charge is 2.21. The van der Waals surface area contributed by atoms with Crippen molar-refractivity contribution in [1.82, 2.24) is 14.8 Å². The number of benzene rings is 2. The van der Waals surface area contributed by atoms with E-state index in [-0.39, 0.29) is 18.1 Å². The lowest BCUT2D eigenvalue weighted by atomic mass is 10.1. The molecule has 0 aliphatic heterocycles. The van der Waals surface area contributed by atoms with Crippen LogP contribution in [-0.4, -0.2) is 33.0 Å². The molecule has 4 aromatic rings. The first kappa shape index (κ1) is 24.3. The zero-order valence-electron chi connectivity index (χ0n) is 20.1. The Balaban J connectivity index is 1.60. The van der Waals surface area contributed by atoms with Gasteiger partial charge < -0.3 is 9.32 Å². The van der Waals surface area contributed by atoms with E-state index in [0.717, 1.165) is 33.7 Å². The van der Waals surface area contributed by atoms with Crippen molar-refractivity contribution < 1.29 is 9.21 Å². The van der Waals surface area contributed by atoms with Gasteiger partial charge in [0.05, 0.1) is 36.6 Å². The lowest BCUT2D eigenvalue weighted by Gasteiger charge is -2.22. The van der Waals surface area contributed by atoms with Gasteiger partial charge in [0.25, 0.3) is 0 Å². The van der Waals surface area contributed by atoms with E-state index in [1.165, 1.54) is 11.8 Å². The van der Waals surface area contributed by atoms with Gasteiger partial charge in [-0.05, 0) is 55.7 Å². The molecule has 0 atom stereocenters. The second-order valence-electron chi connectivity index (χ2n) is 8.36. The Morgan fingerprint density at radius 3 is 2.49 bits per heavy atom. The topological polar surface area (TPSA) is 87.9 Å². The van der Waals surface area contributed by atoms with Crippen LogP contribution in [0.3, 0.4) is 0 Å². The molecule has 178 valence electrons. The summed E-state index contributed by atoms with van der Waals surface area (Å²) in [5, 5.41) is 18.6. The van der Waals surface area contributed by atoms with Crippen molar-refractivity contribution in [2.24, 2.45) is 0 Å². The Labute approximate surface area is 209 Å². The minimum Gasteiger partial charge on any atom is -0.469 e. The van der Waals surface area contributed by atoms with Crippen molar-refractivity contribution in [3.63, 3.8) is 0 Å². The van der Waals surface area contributed by atoms with Gasteiger partial charge in [0.15, 0.2) is 11.0 Å². The van der Waals surface area contributed by atoms with E-state index in [1.54, 1.807) is 11.2 Å². The Bertz CT molecular complexity index is 1330. The number of thioether (sulfide) groups is 1. The first-order chi connectivity index (χ1) is 17.0. The molecule has 4 rings (SSSR count). The molecule has 0 saturated carbocycles. The molecule has 0 unspecified atom stereocenters. The summed E-state index contributed by atoms with van der Waals surface area (Å²) in [7, 11) is 0. The fourth-order valence-corrected chi connectivity index (χ4v) is 4.80. The fraction of sp³-hybridized carbons (Fsp3) is 0.259. The van der Waals surface area contributed by atoms with Crippen LogP contribution < -0.4 is 4.90 Å². The summed E-state index contributed by atoms with van der Waals surface area (Å²) < 4.78 is 7.51. The summed E-state index contributed by atoms with van der Waals surface area (Å²) >= 11 is 1.35. The summed E-state index contributed by atoms with van der Waals surface area (Å²) in [5.41, 5.74) is 4.94. The van der Waals surface area contributed by atoms with Crippen LogP contribution in [0.1, 0.15) is 28.9 Å². The predicted molar refractivity (Wildman–Crippen MR) is 137 cm³/mol. The third-order valence-electron chi connectivity index (χ3n) is 5.59. The van der Waals surface area contributed by atoms with Gasteiger partial charge in [-0.3, -0.25) is 9.36 Å². The molecule has 2 aromatic heterocycles. The van der Waals surface area contributed by atoms with Crippen LogP contribution in [-0.2, 0) is 11.3 Å². The quantitative estimate of drug-likeness (QED) is 0.289. The summed E-state index contributed by atoms with van der Waals surface area (Å²) in [5.74, 6) is 1.56. The highest BCUT2D eigenvalue weighted by atomic mass is 32.2. The van der Waals surface area contributed by atoms with E-state index in [4.69, 9.17) is 9.68 Å². The third-order valence-corrected chi connectivity index (χ3v) is 6.54. The molecule has 35 heavy (non-hydrogen) atoms. The monoisotopic (exact) mass is 485 g/mol. The number of nitriles is 1. The molecule has 0 N–H and O–H groups in total. The molecular weight excluding hydrogens is 458 g/mol. The number of amides is 1. The lowest BCUT2D eigenvalue weighted by Crippen LogP contribution is -2.33. The van der Waals surface area contributed by atoms with Gasteiger partial charge in [-0.15, -0.1) is 10.2 Å². The van der Waals surface area contributed by atoms with Gasteiger partial charge in [-0.1, -0.05) is 48.2 Å². The number of carbonyl (C=O) groups excluding carboxylic acids is 1. The van der Waals surface area contributed by atoms with Gasteiger partial charge in [-0.25, -0.2) is 0 Å². The van der Waals surface area contributed by atoms with Crippen LogP contribution in [0.25, 0.3) is 11.4 Å².